The van der Waals surface area contributed by atoms with Gasteiger partial charge in [0.15, 0.2) is 5.82 Å². The molecule has 0 N–H and O–H groups in total. The van der Waals surface area contributed by atoms with Crippen molar-refractivity contribution in [2.24, 2.45) is 0 Å². The minimum Gasteiger partial charge on any atom is -0.459 e. The van der Waals surface area contributed by atoms with Gasteiger partial charge in [0.1, 0.15) is 17.0 Å². The fourth-order valence-electron chi connectivity index (χ4n) is 1.74. The lowest BCUT2D eigenvalue weighted by atomic mass is 10.1. The lowest BCUT2D eigenvalue weighted by molar-refractivity contribution is -0.155. The first-order chi connectivity index (χ1) is 14.0. The van der Waals surface area contributed by atoms with Gasteiger partial charge < -0.3 is 4.74 Å². The first kappa shape index (κ1) is 26.0. The fourth-order valence-corrected chi connectivity index (χ4v) is 1.89. The molecule has 0 aliphatic carbocycles. The Labute approximate surface area is 177 Å². The van der Waals surface area contributed by atoms with Crippen molar-refractivity contribution in [3.8, 4) is 6.07 Å². The SMILES string of the molecule is CC(C)(C)OC(=O)C(C#N)c1nccc(C(F)(F)F)n1.FC(F)(F)c1ccnc(Cl)n1. The van der Waals surface area contributed by atoms with Crippen molar-refractivity contribution in [1.82, 2.24) is 19.9 Å². The first-order valence-corrected chi connectivity index (χ1v) is 8.50. The highest BCUT2D eigenvalue weighted by Crippen LogP contribution is 2.28. The normalized spacial score (nSPS) is 12.8. The van der Waals surface area contributed by atoms with Gasteiger partial charge in [0, 0.05) is 12.4 Å². The summed E-state index contributed by atoms with van der Waals surface area (Å²) in [5, 5.41) is 8.53. The molecule has 0 amide bonds. The summed E-state index contributed by atoms with van der Waals surface area (Å²) in [6.45, 7) is 4.73. The van der Waals surface area contributed by atoms with Gasteiger partial charge >= 0.3 is 18.3 Å². The summed E-state index contributed by atoms with van der Waals surface area (Å²) in [5.74, 6) is -3.12. The monoisotopic (exact) mass is 469 g/mol. The van der Waals surface area contributed by atoms with E-state index >= 15 is 0 Å². The third-order valence-corrected chi connectivity index (χ3v) is 3.09. The van der Waals surface area contributed by atoms with E-state index in [9.17, 15) is 31.1 Å². The molecular weight excluding hydrogens is 456 g/mol. The van der Waals surface area contributed by atoms with E-state index in [1.165, 1.54) is 0 Å². The summed E-state index contributed by atoms with van der Waals surface area (Å²) in [7, 11) is 0. The predicted octanol–water partition coefficient (Wildman–Crippen LogP) is 4.59. The predicted molar refractivity (Wildman–Crippen MR) is 93.3 cm³/mol. The average molecular weight is 470 g/mol. The van der Waals surface area contributed by atoms with Crippen LogP contribution in [0.2, 0.25) is 5.28 Å². The van der Waals surface area contributed by atoms with Crippen molar-refractivity contribution in [2.75, 3.05) is 0 Å². The van der Waals surface area contributed by atoms with Gasteiger partial charge in [0.2, 0.25) is 11.2 Å². The summed E-state index contributed by atoms with van der Waals surface area (Å²) in [5.41, 5.74) is -3.11. The third kappa shape index (κ3) is 8.71. The summed E-state index contributed by atoms with van der Waals surface area (Å²) in [6, 6.07) is 2.97. The van der Waals surface area contributed by atoms with Gasteiger partial charge in [-0.3, -0.25) is 4.79 Å². The largest absolute Gasteiger partial charge is 0.459 e. The number of hydrogen-bond acceptors (Lipinski definition) is 7. The van der Waals surface area contributed by atoms with Crippen LogP contribution in [0.15, 0.2) is 24.5 Å². The molecule has 2 aromatic rings. The van der Waals surface area contributed by atoms with Crippen LogP contribution >= 0.6 is 11.6 Å². The zero-order valence-electron chi connectivity index (χ0n) is 16.1. The van der Waals surface area contributed by atoms with Gasteiger partial charge in [0.25, 0.3) is 0 Å². The second-order valence-electron chi connectivity index (χ2n) is 6.60. The van der Waals surface area contributed by atoms with Crippen molar-refractivity contribution in [3.05, 3.63) is 47.0 Å². The summed E-state index contributed by atoms with van der Waals surface area (Å²) in [6.07, 6.45) is -7.32. The molecule has 2 heterocycles. The molecule has 1 atom stereocenters. The van der Waals surface area contributed by atoms with Crippen LogP contribution < -0.4 is 0 Å². The number of hydrogen-bond donors (Lipinski definition) is 0. The van der Waals surface area contributed by atoms with Crippen molar-refractivity contribution in [1.29, 1.82) is 5.26 Å². The standard InChI is InChI=1S/C12H12F3N3O2.C5H2ClF3N2/c1-11(2,3)20-10(19)7(6-16)9-17-5-4-8(18-9)12(13,14)15;6-4-10-2-1-3(11-4)5(7,8)9/h4-5,7H,1-3H3;1-2H. The van der Waals surface area contributed by atoms with Crippen LogP contribution in [0.4, 0.5) is 26.3 Å². The highest BCUT2D eigenvalue weighted by Gasteiger charge is 2.35. The van der Waals surface area contributed by atoms with E-state index in [0.29, 0.717) is 6.07 Å². The zero-order chi connectivity index (χ0) is 24.0. The lowest BCUT2D eigenvalue weighted by Crippen LogP contribution is -2.28. The molecule has 2 aromatic heterocycles. The molecule has 0 fully saturated rings. The minimum atomic E-state index is -4.67. The molecule has 14 heteroatoms. The Morgan fingerprint density at radius 2 is 1.48 bits per heavy atom. The Morgan fingerprint density at radius 3 is 1.87 bits per heavy atom. The van der Waals surface area contributed by atoms with Crippen molar-refractivity contribution < 1.29 is 35.9 Å². The second kappa shape index (κ2) is 9.86. The maximum atomic E-state index is 12.5. The maximum absolute atomic E-state index is 12.5. The number of nitrogens with zero attached hydrogens (tertiary/aromatic N) is 5. The molecule has 0 saturated carbocycles. The van der Waals surface area contributed by atoms with E-state index in [4.69, 9.17) is 21.6 Å². The number of alkyl halides is 6. The first-order valence-electron chi connectivity index (χ1n) is 8.13. The van der Waals surface area contributed by atoms with E-state index in [0.717, 1.165) is 18.5 Å². The fraction of sp³-hybridized carbons (Fsp3) is 0.412. The van der Waals surface area contributed by atoms with E-state index in [-0.39, 0.29) is 0 Å². The van der Waals surface area contributed by atoms with Gasteiger partial charge in [-0.2, -0.15) is 31.6 Å². The molecule has 168 valence electrons. The van der Waals surface area contributed by atoms with E-state index in [1.807, 2.05) is 0 Å². The van der Waals surface area contributed by atoms with Crippen LogP contribution in [-0.4, -0.2) is 31.5 Å². The number of esters is 1. The van der Waals surface area contributed by atoms with Gasteiger partial charge in [0.05, 0.1) is 6.07 Å². The Balaban J connectivity index is 0.000000367. The lowest BCUT2D eigenvalue weighted by Gasteiger charge is -2.21. The van der Waals surface area contributed by atoms with Gasteiger partial charge in [-0.25, -0.2) is 19.9 Å². The highest BCUT2D eigenvalue weighted by molar-refractivity contribution is 6.28. The van der Waals surface area contributed by atoms with Crippen LogP contribution in [0.5, 0.6) is 0 Å². The molecule has 7 nitrogen and oxygen atoms in total. The quantitative estimate of drug-likeness (QED) is 0.360. The van der Waals surface area contributed by atoms with Crippen molar-refractivity contribution in [3.63, 3.8) is 0 Å². The molecule has 0 spiro atoms. The van der Waals surface area contributed by atoms with Gasteiger partial charge in [-0.05, 0) is 44.5 Å². The Bertz CT molecular complexity index is 953. The molecular formula is C17H14ClF6N5O2. The number of carbonyl (C=O) groups is 1. The van der Waals surface area contributed by atoms with E-state index < -0.39 is 52.3 Å². The molecule has 0 saturated heterocycles. The number of rotatable bonds is 2. The Morgan fingerprint density at radius 1 is 1.00 bits per heavy atom. The Kier molecular flexibility index (Phi) is 8.28. The molecule has 0 aliphatic heterocycles. The number of nitriles is 1. The molecule has 2 rings (SSSR count). The van der Waals surface area contributed by atoms with Crippen LogP contribution in [0.1, 0.15) is 43.9 Å². The van der Waals surface area contributed by atoms with Crippen LogP contribution in [-0.2, 0) is 21.9 Å². The number of halogens is 7. The van der Waals surface area contributed by atoms with Gasteiger partial charge in [-0.15, -0.1) is 0 Å². The second-order valence-corrected chi connectivity index (χ2v) is 6.94. The molecule has 1 unspecified atom stereocenters. The maximum Gasteiger partial charge on any atom is 0.433 e. The molecule has 0 radical (unpaired) electrons. The number of carbonyl (C=O) groups excluding carboxylic acids is 1. The average Bonchev–Trinajstić information content (AvgIpc) is 2.60. The smallest absolute Gasteiger partial charge is 0.433 e. The van der Waals surface area contributed by atoms with Crippen LogP contribution in [0.3, 0.4) is 0 Å². The minimum absolute atomic E-state index is 0.403. The van der Waals surface area contributed by atoms with E-state index in [2.05, 4.69) is 19.9 Å². The van der Waals surface area contributed by atoms with Crippen molar-refractivity contribution in [2.45, 2.75) is 44.6 Å². The van der Waals surface area contributed by atoms with Gasteiger partial charge in [-0.1, -0.05) is 0 Å². The summed E-state index contributed by atoms with van der Waals surface area (Å²) in [4.78, 5) is 24.8. The number of aromatic nitrogens is 4. The summed E-state index contributed by atoms with van der Waals surface area (Å²) < 4.78 is 78.0. The van der Waals surface area contributed by atoms with Crippen LogP contribution in [0.25, 0.3) is 0 Å². The zero-order valence-corrected chi connectivity index (χ0v) is 16.8. The molecule has 0 aliphatic rings. The van der Waals surface area contributed by atoms with E-state index in [1.54, 1.807) is 26.8 Å². The molecule has 31 heavy (non-hydrogen) atoms. The number of ether oxygens (including phenoxy) is 1. The highest BCUT2D eigenvalue weighted by atomic mass is 35.5. The van der Waals surface area contributed by atoms with Crippen molar-refractivity contribution >= 4 is 17.6 Å². The molecule has 0 aromatic carbocycles. The Hall–Kier alpha value is -3.01. The third-order valence-electron chi connectivity index (χ3n) is 2.91. The van der Waals surface area contributed by atoms with Crippen LogP contribution in [0, 0.1) is 11.3 Å². The molecule has 0 bridgehead atoms. The summed E-state index contributed by atoms with van der Waals surface area (Å²) >= 11 is 5.13. The topological polar surface area (TPSA) is 102 Å².